The molecule has 134 valence electrons. The van der Waals surface area contributed by atoms with E-state index < -0.39 is 0 Å². The van der Waals surface area contributed by atoms with E-state index in [1.54, 1.807) is 31.6 Å². The first kappa shape index (κ1) is 16.4. The SMILES string of the molecule is CO[C@@H]1CCN(c2ccc(NC(=O)c3cc(-c4ccco4)[nH]n3)cc2)C1. The molecule has 26 heavy (non-hydrogen) atoms. The highest BCUT2D eigenvalue weighted by Gasteiger charge is 2.22. The van der Waals surface area contributed by atoms with E-state index >= 15 is 0 Å². The van der Waals surface area contributed by atoms with Crippen molar-refractivity contribution in [2.45, 2.75) is 12.5 Å². The van der Waals surface area contributed by atoms with Gasteiger partial charge in [-0.2, -0.15) is 5.10 Å². The summed E-state index contributed by atoms with van der Waals surface area (Å²) in [7, 11) is 1.75. The molecule has 2 aromatic heterocycles. The van der Waals surface area contributed by atoms with Crippen LogP contribution in [-0.4, -0.2) is 42.4 Å². The molecule has 0 spiro atoms. The molecule has 0 bridgehead atoms. The van der Waals surface area contributed by atoms with Crippen LogP contribution < -0.4 is 10.2 Å². The Hall–Kier alpha value is -3.06. The van der Waals surface area contributed by atoms with Crippen molar-refractivity contribution in [3.63, 3.8) is 0 Å². The lowest BCUT2D eigenvalue weighted by Crippen LogP contribution is -2.22. The summed E-state index contributed by atoms with van der Waals surface area (Å²) in [4.78, 5) is 14.6. The molecule has 1 amide bonds. The smallest absolute Gasteiger partial charge is 0.276 e. The predicted octanol–water partition coefficient (Wildman–Crippen LogP) is 3.15. The number of furan rings is 1. The number of methoxy groups -OCH3 is 1. The van der Waals surface area contributed by atoms with Crippen LogP contribution in [0.2, 0.25) is 0 Å². The monoisotopic (exact) mass is 352 g/mol. The zero-order valence-electron chi connectivity index (χ0n) is 14.4. The Balaban J connectivity index is 1.40. The number of H-pyrrole nitrogens is 1. The summed E-state index contributed by atoms with van der Waals surface area (Å²) in [6.07, 6.45) is 2.90. The van der Waals surface area contributed by atoms with Crippen LogP contribution in [-0.2, 0) is 4.74 Å². The molecule has 2 N–H and O–H groups in total. The number of aromatic nitrogens is 2. The van der Waals surface area contributed by atoms with E-state index in [9.17, 15) is 4.79 Å². The fourth-order valence-corrected chi connectivity index (χ4v) is 3.10. The topological polar surface area (TPSA) is 83.4 Å². The van der Waals surface area contributed by atoms with Crippen molar-refractivity contribution in [2.75, 3.05) is 30.4 Å². The Morgan fingerprint density at radius 2 is 2.19 bits per heavy atom. The molecule has 1 fully saturated rings. The number of rotatable bonds is 5. The van der Waals surface area contributed by atoms with Gasteiger partial charge in [-0.3, -0.25) is 9.89 Å². The zero-order valence-corrected chi connectivity index (χ0v) is 14.4. The number of carbonyl (C=O) groups excluding carboxylic acids is 1. The number of benzene rings is 1. The second-order valence-electron chi connectivity index (χ2n) is 6.24. The maximum absolute atomic E-state index is 12.4. The van der Waals surface area contributed by atoms with E-state index in [-0.39, 0.29) is 12.0 Å². The van der Waals surface area contributed by atoms with Crippen LogP contribution >= 0.6 is 0 Å². The maximum atomic E-state index is 12.4. The van der Waals surface area contributed by atoms with Gasteiger partial charge in [0, 0.05) is 37.6 Å². The van der Waals surface area contributed by atoms with Crippen molar-refractivity contribution in [1.29, 1.82) is 0 Å². The normalized spacial score (nSPS) is 16.8. The van der Waals surface area contributed by atoms with Crippen LogP contribution in [0.5, 0.6) is 0 Å². The van der Waals surface area contributed by atoms with Crippen LogP contribution in [0.25, 0.3) is 11.5 Å². The minimum atomic E-state index is -0.271. The summed E-state index contributed by atoms with van der Waals surface area (Å²) in [5.74, 6) is 0.369. The molecule has 0 radical (unpaired) electrons. The van der Waals surface area contributed by atoms with Gasteiger partial charge in [-0.25, -0.2) is 0 Å². The van der Waals surface area contributed by atoms with Gasteiger partial charge in [-0.15, -0.1) is 0 Å². The Kier molecular flexibility index (Phi) is 4.45. The summed E-state index contributed by atoms with van der Waals surface area (Å²) in [6, 6.07) is 13.1. The summed E-state index contributed by atoms with van der Waals surface area (Å²) >= 11 is 0. The number of carbonyl (C=O) groups is 1. The summed E-state index contributed by atoms with van der Waals surface area (Å²) in [6.45, 7) is 1.87. The molecule has 1 aromatic carbocycles. The molecule has 3 heterocycles. The molecule has 0 saturated carbocycles. The number of ether oxygens (including phenoxy) is 1. The van der Waals surface area contributed by atoms with Crippen LogP contribution in [0.15, 0.2) is 53.1 Å². The van der Waals surface area contributed by atoms with E-state index in [1.165, 1.54) is 0 Å². The Labute approximate surface area is 151 Å². The standard InChI is InChI=1S/C19H20N4O3/c1-25-15-8-9-23(12-15)14-6-4-13(5-7-14)20-19(24)17-11-16(21-22-17)18-3-2-10-26-18/h2-7,10-11,15H,8-9,12H2,1H3,(H,20,24)(H,21,22)/t15-/m1/s1. The number of hydrogen-bond acceptors (Lipinski definition) is 5. The Morgan fingerprint density at radius 1 is 1.35 bits per heavy atom. The van der Waals surface area contributed by atoms with Crippen molar-refractivity contribution < 1.29 is 13.9 Å². The Morgan fingerprint density at radius 3 is 2.88 bits per heavy atom. The van der Waals surface area contributed by atoms with Crippen LogP contribution in [0.4, 0.5) is 11.4 Å². The minimum absolute atomic E-state index is 0.271. The van der Waals surface area contributed by atoms with Crippen LogP contribution in [0, 0.1) is 0 Å². The first-order valence-electron chi connectivity index (χ1n) is 8.51. The number of nitrogens with one attached hydrogen (secondary N) is 2. The molecule has 1 saturated heterocycles. The second-order valence-corrected chi connectivity index (χ2v) is 6.24. The van der Waals surface area contributed by atoms with Gasteiger partial charge in [0.25, 0.3) is 5.91 Å². The molecular formula is C19H20N4O3. The van der Waals surface area contributed by atoms with Gasteiger partial charge in [0.2, 0.25) is 0 Å². The van der Waals surface area contributed by atoms with E-state index in [0.717, 1.165) is 30.9 Å². The second kappa shape index (κ2) is 7.05. The van der Waals surface area contributed by atoms with Gasteiger partial charge >= 0.3 is 0 Å². The molecule has 1 aliphatic heterocycles. The predicted molar refractivity (Wildman–Crippen MR) is 98.3 cm³/mol. The van der Waals surface area contributed by atoms with Crippen molar-refractivity contribution in [3.05, 3.63) is 54.4 Å². The highest BCUT2D eigenvalue weighted by atomic mass is 16.5. The summed E-state index contributed by atoms with van der Waals surface area (Å²) in [5, 5.41) is 9.71. The number of nitrogens with zero attached hydrogens (tertiary/aromatic N) is 2. The molecule has 1 aliphatic rings. The quantitative estimate of drug-likeness (QED) is 0.737. The third kappa shape index (κ3) is 3.34. The zero-order chi connectivity index (χ0) is 17.9. The summed E-state index contributed by atoms with van der Waals surface area (Å²) in [5.41, 5.74) is 2.83. The van der Waals surface area contributed by atoms with E-state index in [2.05, 4.69) is 20.4 Å². The molecule has 4 rings (SSSR count). The third-order valence-electron chi connectivity index (χ3n) is 4.57. The number of hydrogen-bond donors (Lipinski definition) is 2. The molecule has 7 nitrogen and oxygen atoms in total. The highest BCUT2D eigenvalue weighted by molar-refractivity contribution is 6.03. The minimum Gasteiger partial charge on any atom is -0.463 e. The number of anilines is 2. The summed E-state index contributed by atoms with van der Waals surface area (Å²) < 4.78 is 10.7. The van der Waals surface area contributed by atoms with E-state index in [4.69, 9.17) is 9.15 Å². The van der Waals surface area contributed by atoms with Gasteiger partial charge in [0.05, 0.1) is 12.4 Å². The number of aromatic amines is 1. The largest absolute Gasteiger partial charge is 0.463 e. The third-order valence-corrected chi connectivity index (χ3v) is 4.57. The lowest BCUT2D eigenvalue weighted by molar-refractivity contribution is 0.102. The van der Waals surface area contributed by atoms with Gasteiger partial charge in [-0.05, 0) is 42.8 Å². The molecule has 0 aliphatic carbocycles. The maximum Gasteiger partial charge on any atom is 0.276 e. The lowest BCUT2D eigenvalue weighted by atomic mass is 10.2. The van der Waals surface area contributed by atoms with Crippen molar-refractivity contribution in [1.82, 2.24) is 10.2 Å². The first-order valence-corrected chi connectivity index (χ1v) is 8.51. The van der Waals surface area contributed by atoms with Gasteiger partial charge < -0.3 is 19.4 Å². The molecule has 1 atom stereocenters. The molecule has 7 heteroatoms. The van der Waals surface area contributed by atoms with Gasteiger partial charge in [-0.1, -0.05) is 0 Å². The molecule has 3 aromatic rings. The fraction of sp³-hybridized carbons (Fsp3) is 0.263. The average molecular weight is 352 g/mol. The van der Waals surface area contributed by atoms with E-state index in [0.29, 0.717) is 17.1 Å². The number of amides is 1. The van der Waals surface area contributed by atoms with Crippen molar-refractivity contribution in [3.8, 4) is 11.5 Å². The average Bonchev–Trinajstić information content (AvgIpc) is 3.42. The van der Waals surface area contributed by atoms with Gasteiger partial charge in [0.15, 0.2) is 11.5 Å². The van der Waals surface area contributed by atoms with Crippen molar-refractivity contribution >= 4 is 17.3 Å². The van der Waals surface area contributed by atoms with Crippen LogP contribution in [0.3, 0.4) is 0 Å². The van der Waals surface area contributed by atoms with Gasteiger partial charge in [0.1, 0.15) is 5.69 Å². The lowest BCUT2D eigenvalue weighted by Gasteiger charge is -2.18. The highest BCUT2D eigenvalue weighted by Crippen LogP contribution is 2.24. The Bertz CT molecular complexity index is 871. The van der Waals surface area contributed by atoms with Crippen molar-refractivity contribution in [2.24, 2.45) is 0 Å². The first-order chi connectivity index (χ1) is 12.7. The molecule has 0 unspecified atom stereocenters. The van der Waals surface area contributed by atoms with E-state index in [1.807, 2.05) is 24.3 Å². The van der Waals surface area contributed by atoms with Crippen LogP contribution in [0.1, 0.15) is 16.9 Å². The molecular weight excluding hydrogens is 332 g/mol. The fourth-order valence-electron chi connectivity index (χ4n) is 3.10.